The topological polar surface area (TPSA) is 107 Å². The second-order valence-electron chi connectivity index (χ2n) is 8.26. The summed E-state index contributed by atoms with van der Waals surface area (Å²) in [5, 5.41) is 6.84. The number of amides is 2. The molecule has 0 saturated heterocycles. The first kappa shape index (κ1) is 28.0. The third-order valence-corrected chi connectivity index (χ3v) is 5.23. The zero-order chi connectivity index (χ0) is 27.3. The van der Waals surface area contributed by atoms with E-state index in [2.05, 4.69) is 15.8 Å². The minimum absolute atomic E-state index is 0.177. The number of carbonyl (C=O) groups is 2. The van der Waals surface area contributed by atoms with Gasteiger partial charge in [-0.05, 0) is 74.4 Å². The Morgan fingerprint density at radius 3 is 2.32 bits per heavy atom. The average molecular weight is 520 g/mol. The summed E-state index contributed by atoms with van der Waals surface area (Å²) in [5.41, 5.74) is 5.36. The van der Waals surface area contributed by atoms with Crippen molar-refractivity contribution in [3.8, 4) is 23.0 Å². The highest BCUT2D eigenvalue weighted by Gasteiger charge is 2.12. The summed E-state index contributed by atoms with van der Waals surface area (Å²) in [7, 11) is 1.52. The predicted molar refractivity (Wildman–Crippen MR) is 147 cm³/mol. The van der Waals surface area contributed by atoms with E-state index < -0.39 is 5.91 Å². The minimum atomic E-state index is -0.397. The van der Waals surface area contributed by atoms with Gasteiger partial charge < -0.3 is 24.3 Å². The molecular weight excluding hydrogens is 486 g/mol. The van der Waals surface area contributed by atoms with E-state index in [-0.39, 0.29) is 12.5 Å². The van der Waals surface area contributed by atoms with E-state index in [1.165, 1.54) is 13.3 Å². The maximum atomic E-state index is 12.5. The van der Waals surface area contributed by atoms with Crippen molar-refractivity contribution in [2.75, 3.05) is 32.2 Å². The number of hydrogen-bond donors (Lipinski definition) is 2. The van der Waals surface area contributed by atoms with Gasteiger partial charge in [-0.25, -0.2) is 5.43 Å². The Morgan fingerprint density at radius 1 is 0.868 bits per heavy atom. The van der Waals surface area contributed by atoms with E-state index in [0.29, 0.717) is 53.0 Å². The fourth-order valence-corrected chi connectivity index (χ4v) is 3.34. The summed E-state index contributed by atoms with van der Waals surface area (Å²) in [4.78, 5) is 24.8. The molecule has 0 bridgehead atoms. The van der Waals surface area contributed by atoms with Gasteiger partial charge in [-0.15, -0.1) is 0 Å². The van der Waals surface area contributed by atoms with E-state index in [4.69, 9.17) is 18.9 Å². The van der Waals surface area contributed by atoms with Crippen LogP contribution in [0.15, 0.2) is 65.8 Å². The van der Waals surface area contributed by atoms with Crippen LogP contribution in [0.5, 0.6) is 23.0 Å². The molecule has 3 aromatic carbocycles. The van der Waals surface area contributed by atoms with Crippen molar-refractivity contribution in [1.82, 2.24) is 5.43 Å². The first-order valence-electron chi connectivity index (χ1n) is 12.3. The first-order chi connectivity index (χ1) is 18.4. The summed E-state index contributed by atoms with van der Waals surface area (Å²) in [6.45, 7) is 6.62. The van der Waals surface area contributed by atoms with Crippen LogP contribution in [-0.2, 0) is 4.79 Å². The van der Waals surface area contributed by atoms with Crippen LogP contribution in [0, 0.1) is 6.92 Å². The summed E-state index contributed by atoms with van der Waals surface area (Å²) in [6, 6.07) is 17.6. The average Bonchev–Trinajstić information content (AvgIpc) is 2.92. The number of methoxy groups -OCH3 is 1. The second-order valence-corrected chi connectivity index (χ2v) is 8.26. The number of ether oxygens (including phenoxy) is 4. The summed E-state index contributed by atoms with van der Waals surface area (Å²) in [6.07, 6.45) is 2.35. The standard InChI is InChI=1S/C29H33N3O6/c1-5-15-37-24-14-10-22(17-26(24)35-4)29(34)32-30-18-21-9-13-25(27(16-21)36-6-2)38-19-28(33)31-23-11-7-20(3)8-12-23/h7-14,16-18H,5-6,15,19H2,1-4H3,(H,31,33)(H,32,34)/b30-18+. The molecule has 0 aliphatic heterocycles. The number of hydrazone groups is 1. The summed E-state index contributed by atoms with van der Waals surface area (Å²) >= 11 is 0. The van der Waals surface area contributed by atoms with Crippen molar-refractivity contribution < 1.29 is 28.5 Å². The number of carbonyl (C=O) groups excluding carboxylic acids is 2. The molecule has 0 aliphatic rings. The van der Waals surface area contributed by atoms with Crippen LogP contribution < -0.4 is 29.7 Å². The highest BCUT2D eigenvalue weighted by atomic mass is 16.5. The summed E-state index contributed by atoms with van der Waals surface area (Å²) in [5.74, 6) is 1.24. The number of hydrogen-bond acceptors (Lipinski definition) is 7. The quantitative estimate of drug-likeness (QED) is 0.244. The van der Waals surface area contributed by atoms with E-state index in [9.17, 15) is 9.59 Å². The molecule has 0 spiro atoms. The number of rotatable bonds is 13. The molecule has 0 atom stereocenters. The number of benzene rings is 3. The minimum Gasteiger partial charge on any atom is -0.493 e. The van der Waals surface area contributed by atoms with Gasteiger partial charge in [0.25, 0.3) is 11.8 Å². The monoisotopic (exact) mass is 519 g/mol. The van der Waals surface area contributed by atoms with E-state index in [0.717, 1.165) is 12.0 Å². The lowest BCUT2D eigenvalue weighted by Gasteiger charge is -2.13. The Hall–Kier alpha value is -4.53. The van der Waals surface area contributed by atoms with Gasteiger partial charge in [0.2, 0.25) is 0 Å². The van der Waals surface area contributed by atoms with E-state index >= 15 is 0 Å². The molecule has 2 amide bonds. The Bertz CT molecular complexity index is 1260. The number of nitrogens with one attached hydrogen (secondary N) is 2. The van der Waals surface area contributed by atoms with Crippen molar-refractivity contribution in [3.63, 3.8) is 0 Å². The molecule has 0 aliphatic carbocycles. The molecule has 0 aromatic heterocycles. The zero-order valence-corrected chi connectivity index (χ0v) is 22.1. The lowest BCUT2D eigenvalue weighted by atomic mass is 10.2. The first-order valence-corrected chi connectivity index (χ1v) is 12.3. The highest BCUT2D eigenvalue weighted by Crippen LogP contribution is 2.29. The molecular formula is C29H33N3O6. The molecule has 0 radical (unpaired) electrons. The maximum absolute atomic E-state index is 12.5. The Kier molecular flexibility index (Phi) is 10.5. The number of nitrogens with zero attached hydrogens (tertiary/aromatic N) is 1. The Morgan fingerprint density at radius 2 is 1.61 bits per heavy atom. The maximum Gasteiger partial charge on any atom is 0.271 e. The van der Waals surface area contributed by atoms with E-state index in [1.54, 1.807) is 36.4 Å². The van der Waals surface area contributed by atoms with Crippen LogP contribution in [-0.4, -0.2) is 45.0 Å². The van der Waals surface area contributed by atoms with Crippen LogP contribution >= 0.6 is 0 Å². The SMILES string of the molecule is CCCOc1ccc(C(=O)N/N=C/c2ccc(OCC(=O)Nc3ccc(C)cc3)c(OCC)c2)cc1OC. The van der Waals surface area contributed by atoms with Gasteiger partial charge in [-0.1, -0.05) is 24.6 Å². The number of aryl methyl sites for hydroxylation is 1. The Balaban J connectivity index is 1.60. The fraction of sp³-hybridized carbons (Fsp3) is 0.276. The van der Waals surface area contributed by atoms with Crippen LogP contribution in [0.1, 0.15) is 41.8 Å². The smallest absolute Gasteiger partial charge is 0.271 e. The van der Waals surface area contributed by atoms with Crippen LogP contribution in [0.2, 0.25) is 0 Å². The molecule has 38 heavy (non-hydrogen) atoms. The third-order valence-electron chi connectivity index (χ3n) is 5.23. The molecule has 0 heterocycles. The second kappa shape index (κ2) is 14.3. The van der Waals surface area contributed by atoms with Gasteiger partial charge in [0, 0.05) is 11.3 Å². The van der Waals surface area contributed by atoms with Gasteiger partial charge in [0.1, 0.15) is 0 Å². The van der Waals surface area contributed by atoms with Crippen LogP contribution in [0.25, 0.3) is 0 Å². The molecule has 0 unspecified atom stereocenters. The van der Waals surface area contributed by atoms with Crippen LogP contribution in [0.3, 0.4) is 0 Å². The van der Waals surface area contributed by atoms with Gasteiger partial charge >= 0.3 is 0 Å². The van der Waals surface area contributed by atoms with Gasteiger partial charge in [-0.3, -0.25) is 9.59 Å². The van der Waals surface area contributed by atoms with Crippen molar-refractivity contribution >= 4 is 23.7 Å². The van der Waals surface area contributed by atoms with Gasteiger partial charge in [0.05, 0.1) is 26.5 Å². The van der Waals surface area contributed by atoms with E-state index in [1.807, 2.05) is 45.0 Å². The molecule has 3 rings (SSSR count). The highest BCUT2D eigenvalue weighted by molar-refractivity contribution is 5.95. The molecule has 3 aromatic rings. The van der Waals surface area contributed by atoms with Crippen molar-refractivity contribution in [1.29, 1.82) is 0 Å². The lowest BCUT2D eigenvalue weighted by Crippen LogP contribution is -2.20. The van der Waals surface area contributed by atoms with Gasteiger partial charge in [0.15, 0.2) is 29.6 Å². The largest absolute Gasteiger partial charge is 0.493 e. The normalized spacial score (nSPS) is 10.6. The molecule has 9 heteroatoms. The zero-order valence-electron chi connectivity index (χ0n) is 22.1. The molecule has 0 saturated carbocycles. The molecule has 200 valence electrons. The number of anilines is 1. The van der Waals surface area contributed by atoms with Crippen molar-refractivity contribution in [2.45, 2.75) is 27.2 Å². The summed E-state index contributed by atoms with van der Waals surface area (Å²) < 4.78 is 22.3. The third kappa shape index (κ3) is 8.26. The van der Waals surface area contributed by atoms with Gasteiger partial charge in [-0.2, -0.15) is 5.10 Å². The van der Waals surface area contributed by atoms with Crippen LogP contribution in [0.4, 0.5) is 5.69 Å². The van der Waals surface area contributed by atoms with Crippen molar-refractivity contribution in [2.24, 2.45) is 5.10 Å². The fourth-order valence-electron chi connectivity index (χ4n) is 3.34. The molecule has 0 fully saturated rings. The molecule has 2 N–H and O–H groups in total. The Labute approximate surface area is 222 Å². The predicted octanol–water partition coefficient (Wildman–Crippen LogP) is 4.97. The lowest BCUT2D eigenvalue weighted by molar-refractivity contribution is -0.118. The van der Waals surface area contributed by atoms with Crippen molar-refractivity contribution in [3.05, 3.63) is 77.4 Å². The molecule has 9 nitrogen and oxygen atoms in total.